The van der Waals surface area contributed by atoms with E-state index >= 15 is 0 Å². The molecule has 0 spiro atoms. The molecule has 0 aliphatic carbocycles. The van der Waals surface area contributed by atoms with Gasteiger partial charge in [-0.1, -0.05) is 36.4 Å². The molecular weight excluding hydrogens is 212 g/mol. The molecule has 0 saturated carbocycles. The molecule has 2 nitrogen and oxygen atoms in total. The molecule has 0 radical (unpaired) electrons. The summed E-state index contributed by atoms with van der Waals surface area (Å²) in [5.41, 5.74) is 1.25. The van der Waals surface area contributed by atoms with Crippen molar-refractivity contribution in [1.29, 1.82) is 0 Å². The average molecular weight is 232 g/mol. The third-order valence-electron chi connectivity index (χ3n) is 3.22. The van der Waals surface area contributed by atoms with Crippen molar-refractivity contribution < 1.29 is 9.47 Å². The number of hydrogen-bond donors (Lipinski definition) is 0. The second kappa shape index (κ2) is 5.48. The van der Waals surface area contributed by atoms with Crippen LogP contribution in [0.2, 0.25) is 0 Å². The normalized spacial score (nSPS) is 26.8. The van der Waals surface area contributed by atoms with Crippen LogP contribution in [0.15, 0.2) is 43.0 Å². The topological polar surface area (TPSA) is 21.8 Å². The summed E-state index contributed by atoms with van der Waals surface area (Å²) >= 11 is 0. The fraction of sp³-hybridized carbons (Fsp3) is 0.467. The Hall–Kier alpha value is -1.12. The summed E-state index contributed by atoms with van der Waals surface area (Å²) in [6, 6.07) is 10.2. The van der Waals surface area contributed by atoms with Gasteiger partial charge < -0.3 is 9.47 Å². The van der Waals surface area contributed by atoms with Gasteiger partial charge in [-0.2, -0.15) is 0 Å². The SMILES string of the molecule is C=CC[C@@]1(C)O[C@H]1CCOCc1ccccc1. The molecule has 1 fully saturated rings. The molecule has 0 amide bonds. The molecule has 0 aromatic heterocycles. The van der Waals surface area contributed by atoms with Gasteiger partial charge in [0.15, 0.2) is 0 Å². The van der Waals surface area contributed by atoms with Gasteiger partial charge in [0, 0.05) is 6.61 Å². The molecule has 2 heteroatoms. The number of epoxide rings is 1. The van der Waals surface area contributed by atoms with Crippen LogP contribution in [-0.4, -0.2) is 18.3 Å². The minimum Gasteiger partial charge on any atom is -0.377 e. The van der Waals surface area contributed by atoms with Gasteiger partial charge in [-0.05, 0) is 25.3 Å². The van der Waals surface area contributed by atoms with E-state index in [1.807, 2.05) is 24.3 Å². The monoisotopic (exact) mass is 232 g/mol. The van der Waals surface area contributed by atoms with Crippen LogP contribution in [0, 0.1) is 0 Å². The summed E-state index contributed by atoms with van der Waals surface area (Å²) in [4.78, 5) is 0. The van der Waals surface area contributed by atoms with Crippen molar-refractivity contribution in [3.05, 3.63) is 48.6 Å². The van der Waals surface area contributed by atoms with Gasteiger partial charge >= 0.3 is 0 Å². The molecule has 2 atom stereocenters. The first-order valence-corrected chi connectivity index (χ1v) is 6.15. The Morgan fingerprint density at radius 1 is 1.41 bits per heavy atom. The Morgan fingerprint density at radius 2 is 2.18 bits per heavy atom. The van der Waals surface area contributed by atoms with Crippen molar-refractivity contribution in [2.24, 2.45) is 0 Å². The molecule has 0 bridgehead atoms. The number of rotatable bonds is 7. The summed E-state index contributed by atoms with van der Waals surface area (Å²) in [5.74, 6) is 0. The summed E-state index contributed by atoms with van der Waals surface area (Å²) in [5, 5.41) is 0. The number of ether oxygens (including phenoxy) is 2. The molecule has 1 aromatic carbocycles. The first kappa shape index (κ1) is 12.3. The molecule has 1 saturated heterocycles. The predicted molar refractivity (Wildman–Crippen MR) is 68.8 cm³/mol. The van der Waals surface area contributed by atoms with Gasteiger partial charge in [0.1, 0.15) is 0 Å². The van der Waals surface area contributed by atoms with Crippen LogP contribution >= 0.6 is 0 Å². The van der Waals surface area contributed by atoms with Crippen molar-refractivity contribution in [2.45, 2.75) is 38.1 Å². The minimum absolute atomic E-state index is 0.0257. The van der Waals surface area contributed by atoms with Crippen LogP contribution in [-0.2, 0) is 16.1 Å². The van der Waals surface area contributed by atoms with Gasteiger partial charge in [0.2, 0.25) is 0 Å². The zero-order chi connectivity index (χ0) is 12.1. The summed E-state index contributed by atoms with van der Waals surface area (Å²) in [6.07, 6.45) is 4.16. The fourth-order valence-corrected chi connectivity index (χ4v) is 2.08. The molecule has 1 aliphatic rings. The summed E-state index contributed by atoms with van der Waals surface area (Å²) in [7, 11) is 0. The molecule has 17 heavy (non-hydrogen) atoms. The molecule has 1 aliphatic heterocycles. The third kappa shape index (κ3) is 3.42. The highest BCUT2D eigenvalue weighted by Gasteiger charge is 2.50. The molecule has 92 valence electrons. The van der Waals surface area contributed by atoms with Crippen molar-refractivity contribution in [3.8, 4) is 0 Å². The van der Waals surface area contributed by atoms with Crippen LogP contribution in [0.4, 0.5) is 0 Å². The molecule has 1 heterocycles. The van der Waals surface area contributed by atoms with Gasteiger partial charge in [0.25, 0.3) is 0 Å². The lowest BCUT2D eigenvalue weighted by Crippen LogP contribution is -2.10. The molecule has 0 unspecified atom stereocenters. The van der Waals surface area contributed by atoms with Crippen LogP contribution in [0.25, 0.3) is 0 Å². The Kier molecular flexibility index (Phi) is 3.97. The third-order valence-corrected chi connectivity index (χ3v) is 3.22. The van der Waals surface area contributed by atoms with E-state index in [2.05, 4.69) is 25.6 Å². The largest absolute Gasteiger partial charge is 0.377 e. The highest BCUT2D eigenvalue weighted by molar-refractivity contribution is 5.13. The van der Waals surface area contributed by atoms with E-state index in [0.717, 1.165) is 19.4 Å². The van der Waals surface area contributed by atoms with E-state index in [1.54, 1.807) is 0 Å². The lowest BCUT2D eigenvalue weighted by Gasteiger charge is -2.04. The predicted octanol–water partition coefficient (Wildman–Crippen LogP) is 3.33. The van der Waals surface area contributed by atoms with Crippen molar-refractivity contribution >= 4 is 0 Å². The maximum absolute atomic E-state index is 5.65. The number of benzene rings is 1. The van der Waals surface area contributed by atoms with Crippen LogP contribution in [0.3, 0.4) is 0 Å². The maximum Gasteiger partial charge on any atom is 0.0955 e. The Balaban J connectivity index is 1.61. The van der Waals surface area contributed by atoms with E-state index in [4.69, 9.17) is 9.47 Å². The second-order valence-electron chi connectivity index (χ2n) is 4.74. The highest BCUT2D eigenvalue weighted by atomic mass is 16.6. The molecular formula is C15H20O2. The zero-order valence-electron chi connectivity index (χ0n) is 10.4. The van der Waals surface area contributed by atoms with E-state index < -0.39 is 0 Å². The Labute approximate surface area is 103 Å². The van der Waals surface area contributed by atoms with E-state index in [-0.39, 0.29) is 5.60 Å². The molecule has 0 N–H and O–H groups in total. The van der Waals surface area contributed by atoms with E-state index in [9.17, 15) is 0 Å². The van der Waals surface area contributed by atoms with Gasteiger partial charge in [0.05, 0.1) is 18.3 Å². The van der Waals surface area contributed by atoms with E-state index in [1.165, 1.54) is 5.56 Å². The Bertz CT molecular complexity index is 360. The van der Waals surface area contributed by atoms with Gasteiger partial charge in [-0.15, -0.1) is 6.58 Å². The maximum atomic E-state index is 5.65. The molecule has 1 aromatic rings. The second-order valence-corrected chi connectivity index (χ2v) is 4.74. The summed E-state index contributed by atoms with van der Waals surface area (Å²) < 4.78 is 11.3. The van der Waals surface area contributed by atoms with Crippen molar-refractivity contribution in [1.82, 2.24) is 0 Å². The van der Waals surface area contributed by atoms with Crippen molar-refractivity contribution in [2.75, 3.05) is 6.61 Å². The lowest BCUT2D eigenvalue weighted by atomic mass is 10.0. The minimum atomic E-state index is 0.0257. The van der Waals surface area contributed by atoms with Crippen LogP contribution < -0.4 is 0 Å². The van der Waals surface area contributed by atoms with Crippen molar-refractivity contribution in [3.63, 3.8) is 0 Å². The quantitative estimate of drug-likeness (QED) is 0.408. The first-order chi connectivity index (χ1) is 8.24. The van der Waals surface area contributed by atoms with Crippen LogP contribution in [0.1, 0.15) is 25.3 Å². The smallest absolute Gasteiger partial charge is 0.0955 e. The highest BCUT2D eigenvalue weighted by Crippen LogP contribution is 2.41. The zero-order valence-corrected chi connectivity index (χ0v) is 10.4. The summed E-state index contributed by atoms with van der Waals surface area (Å²) in [6.45, 7) is 7.32. The van der Waals surface area contributed by atoms with E-state index in [0.29, 0.717) is 12.7 Å². The fourth-order valence-electron chi connectivity index (χ4n) is 2.08. The number of hydrogen-bond acceptors (Lipinski definition) is 2. The van der Waals surface area contributed by atoms with Gasteiger partial charge in [-0.3, -0.25) is 0 Å². The average Bonchev–Trinajstić information content (AvgIpc) is 2.97. The van der Waals surface area contributed by atoms with Gasteiger partial charge in [-0.25, -0.2) is 0 Å². The molecule has 2 rings (SSSR count). The first-order valence-electron chi connectivity index (χ1n) is 6.15. The standard InChI is InChI=1S/C15H20O2/c1-3-10-15(2)14(17-15)9-11-16-12-13-7-5-4-6-8-13/h3-8,14H,1,9-12H2,2H3/t14-,15+/m0/s1. The lowest BCUT2D eigenvalue weighted by molar-refractivity contribution is 0.113. The Morgan fingerprint density at radius 3 is 2.88 bits per heavy atom. The van der Waals surface area contributed by atoms with Crippen LogP contribution in [0.5, 0.6) is 0 Å².